The van der Waals surface area contributed by atoms with Gasteiger partial charge in [-0.2, -0.15) is 0 Å². The van der Waals surface area contributed by atoms with Gasteiger partial charge in [-0.15, -0.1) is 0 Å². The van der Waals surface area contributed by atoms with Crippen molar-refractivity contribution in [3.63, 3.8) is 0 Å². The quantitative estimate of drug-likeness (QED) is 0.0494. The summed E-state index contributed by atoms with van der Waals surface area (Å²) in [6.45, 7) is 2.84. The second-order valence-electron chi connectivity index (χ2n) is 20.7. The van der Waals surface area contributed by atoms with Crippen LogP contribution in [0.15, 0.2) is 11.6 Å². The summed E-state index contributed by atoms with van der Waals surface area (Å²) in [7, 11) is 0. The van der Waals surface area contributed by atoms with Crippen molar-refractivity contribution in [3.05, 3.63) is 11.6 Å². The smallest absolute Gasteiger partial charge is 0.314 e. The van der Waals surface area contributed by atoms with Gasteiger partial charge in [0, 0.05) is 0 Å². The van der Waals surface area contributed by atoms with Gasteiger partial charge in [-0.25, -0.2) is 0 Å². The average molecular weight is 967 g/mol. The number of aliphatic hydroxyl groups is 14. The molecule has 384 valence electrons. The zero-order valence-electron chi connectivity index (χ0n) is 37.7. The van der Waals surface area contributed by atoms with Crippen LogP contribution in [0, 0.1) is 28.1 Å². The van der Waals surface area contributed by atoms with Gasteiger partial charge in [-0.3, -0.25) is 4.79 Å². The fraction of sp³-hybridized carbons (Fsp3) is 0.932. The third-order valence-electron chi connectivity index (χ3n) is 17.0. The number of hydrogen-bond donors (Lipinski definition) is 14. The molecule has 1 spiro atoms. The SMILES string of the molecule is CC1=CC23CCC4C(C)(C(=O)OC5OC(CO)C(O)C(O)C5O)CCCC4(C)C2CCC1(OC1OC(CO)C(O)C(OC2OC(CO)C(O)C(O)C2O)C1OC1OC(CO)C(O)C(O)C1O)C3. The molecule has 0 aromatic heterocycles. The van der Waals surface area contributed by atoms with Crippen LogP contribution >= 0.6 is 0 Å². The van der Waals surface area contributed by atoms with Crippen molar-refractivity contribution in [2.75, 3.05) is 26.4 Å². The van der Waals surface area contributed by atoms with Crippen molar-refractivity contribution in [2.24, 2.45) is 28.1 Å². The fourth-order valence-corrected chi connectivity index (χ4v) is 13.3. The highest BCUT2D eigenvalue weighted by molar-refractivity contribution is 5.77. The zero-order valence-corrected chi connectivity index (χ0v) is 37.7. The molecule has 0 radical (unpaired) electrons. The van der Waals surface area contributed by atoms with Gasteiger partial charge in [0.1, 0.15) is 97.7 Å². The first kappa shape index (κ1) is 51.7. The maximum Gasteiger partial charge on any atom is 0.314 e. The molecular weight excluding hydrogens is 896 g/mol. The van der Waals surface area contributed by atoms with Gasteiger partial charge >= 0.3 is 5.97 Å². The first-order chi connectivity index (χ1) is 31.6. The van der Waals surface area contributed by atoms with E-state index in [-0.39, 0.29) is 11.8 Å². The Morgan fingerprint density at radius 2 is 1.03 bits per heavy atom. The van der Waals surface area contributed by atoms with E-state index in [1.807, 2.05) is 13.8 Å². The van der Waals surface area contributed by atoms with Gasteiger partial charge in [-0.1, -0.05) is 19.4 Å². The molecule has 8 aliphatic rings. The van der Waals surface area contributed by atoms with Crippen LogP contribution in [0.1, 0.15) is 72.1 Å². The van der Waals surface area contributed by atoms with Crippen LogP contribution in [-0.2, 0) is 42.7 Å². The molecule has 26 unspecified atom stereocenters. The summed E-state index contributed by atoms with van der Waals surface area (Å²) < 4.78 is 48.3. The number of carbonyl (C=O) groups excluding carboxylic acids is 1. The first-order valence-electron chi connectivity index (χ1n) is 23.4. The molecule has 23 heteroatoms. The Labute approximate surface area is 386 Å². The molecule has 0 aromatic rings. The molecule has 67 heavy (non-hydrogen) atoms. The molecule has 2 bridgehead atoms. The normalized spacial score (nSPS) is 54.4. The molecule has 0 amide bonds. The number of allylic oxidation sites excluding steroid dienone is 1. The van der Waals surface area contributed by atoms with Crippen molar-refractivity contribution in [1.29, 1.82) is 0 Å². The highest BCUT2D eigenvalue weighted by Crippen LogP contribution is 2.72. The Bertz CT molecular complexity index is 1770. The van der Waals surface area contributed by atoms with Crippen LogP contribution in [0.5, 0.6) is 0 Å². The Balaban J connectivity index is 1.07. The monoisotopic (exact) mass is 966 g/mol. The molecule has 7 fully saturated rings. The summed E-state index contributed by atoms with van der Waals surface area (Å²) in [5, 5.41) is 148. The molecule has 23 nitrogen and oxygen atoms in total. The lowest BCUT2D eigenvalue weighted by Crippen LogP contribution is -2.68. The standard InChI is InChI=1S/C44H70O23/c1-17-11-43-9-5-22-41(2,7-4-8-42(22,3)40(59)66-38-33(58)30(55)26(51)20(14-47)62-38)23(43)6-10-44(17,16-43)67-39-35(65-37-32(57)29(54)25(50)19(13-46)61-37)34(27(52)21(15-48)63-39)64-36-31(56)28(53)24(49)18(12-45)60-36/h11,18-39,45-58H,4-10,12-16H2,1-3H3. The van der Waals surface area contributed by atoms with Crippen LogP contribution in [-0.4, -0.2) is 232 Å². The number of carbonyl (C=O) groups is 1. The second-order valence-corrected chi connectivity index (χ2v) is 20.7. The Kier molecular flexibility index (Phi) is 15.0. The van der Waals surface area contributed by atoms with E-state index >= 15 is 0 Å². The first-order valence-corrected chi connectivity index (χ1v) is 23.4. The fourth-order valence-electron chi connectivity index (χ4n) is 13.3. The zero-order chi connectivity index (χ0) is 48.7. The molecule has 14 N–H and O–H groups in total. The van der Waals surface area contributed by atoms with Crippen LogP contribution in [0.3, 0.4) is 0 Å². The number of aliphatic hydroxyl groups excluding tert-OH is 14. The van der Waals surface area contributed by atoms with E-state index < -0.39 is 177 Å². The number of fused-ring (bicyclic) bond motifs is 3. The van der Waals surface area contributed by atoms with E-state index in [1.54, 1.807) is 0 Å². The third-order valence-corrected chi connectivity index (χ3v) is 17.0. The largest absolute Gasteiger partial charge is 0.432 e. The predicted molar refractivity (Wildman–Crippen MR) is 219 cm³/mol. The van der Waals surface area contributed by atoms with Crippen LogP contribution in [0.2, 0.25) is 0 Å². The van der Waals surface area contributed by atoms with Gasteiger partial charge in [0.15, 0.2) is 18.9 Å². The van der Waals surface area contributed by atoms with Crippen molar-refractivity contribution in [1.82, 2.24) is 0 Å². The maximum absolute atomic E-state index is 14.3. The Morgan fingerprint density at radius 1 is 0.567 bits per heavy atom. The van der Waals surface area contributed by atoms with E-state index in [9.17, 15) is 76.3 Å². The number of hydrogen-bond acceptors (Lipinski definition) is 23. The lowest BCUT2D eigenvalue weighted by atomic mass is 9.40. The predicted octanol–water partition coefficient (Wildman–Crippen LogP) is -5.11. The summed E-state index contributed by atoms with van der Waals surface area (Å²) in [5.41, 5.74) is -2.21. The number of esters is 1. The Hall–Kier alpha value is -1.63. The molecule has 3 saturated carbocycles. The molecule has 4 saturated heterocycles. The average Bonchev–Trinajstić information content (AvgIpc) is 3.50. The van der Waals surface area contributed by atoms with E-state index in [1.165, 1.54) is 0 Å². The topological polar surface area (TPSA) is 374 Å². The highest BCUT2D eigenvalue weighted by Gasteiger charge is 2.68. The van der Waals surface area contributed by atoms with Crippen LogP contribution < -0.4 is 0 Å². The highest BCUT2D eigenvalue weighted by atomic mass is 16.8. The van der Waals surface area contributed by atoms with Crippen molar-refractivity contribution >= 4 is 5.97 Å². The minimum absolute atomic E-state index is 0.00956. The molecule has 26 atom stereocenters. The second kappa shape index (κ2) is 19.4. The van der Waals surface area contributed by atoms with Crippen molar-refractivity contribution < 1.29 is 114 Å². The maximum atomic E-state index is 14.3. The molecule has 4 aliphatic heterocycles. The molecule has 4 aliphatic carbocycles. The van der Waals surface area contributed by atoms with Gasteiger partial charge in [-0.05, 0) is 87.0 Å². The lowest BCUT2D eigenvalue weighted by molar-refractivity contribution is -0.400. The minimum atomic E-state index is -1.95. The van der Waals surface area contributed by atoms with Gasteiger partial charge in [0.05, 0.1) is 37.4 Å². The van der Waals surface area contributed by atoms with E-state index in [0.29, 0.717) is 44.9 Å². The van der Waals surface area contributed by atoms with E-state index in [0.717, 1.165) is 12.0 Å². The molecule has 4 heterocycles. The van der Waals surface area contributed by atoms with Crippen molar-refractivity contribution in [3.8, 4) is 0 Å². The van der Waals surface area contributed by atoms with Crippen LogP contribution in [0.25, 0.3) is 0 Å². The number of rotatable bonds is 12. The summed E-state index contributed by atoms with van der Waals surface area (Å²) in [6, 6.07) is 0. The van der Waals surface area contributed by atoms with E-state index in [4.69, 9.17) is 37.9 Å². The summed E-state index contributed by atoms with van der Waals surface area (Å²) >= 11 is 0. The lowest BCUT2D eigenvalue weighted by Gasteiger charge is -2.64. The summed E-state index contributed by atoms with van der Waals surface area (Å²) in [4.78, 5) is 14.3. The Morgan fingerprint density at radius 3 is 1.57 bits per heavy atom. The van der Waals surface area contributed by atoms with Gasteiger partial charge < -0.3 is 109 Å². The minimum Gasteiger partial charge on any atom is -0.432 e. The summed E-state index contributed by atoms with van der Waals surface area (Å²) in [5.74, 6) is -0.818. The third kappa shape index (κ3) is 8.63. The number of ether oxygens (including phenoxy) is 8. The molecule has 8 rings (SSSR count). The van der Waals surface area contributed by atoms with Gasteiger partial charge in [0.25, 0.3) is 0 Å². The van der Waals surface area contributed by atoms with E-state index in [2.05, 4.69) is 13.0 Å². The molecular formula is C44H70O23. The van der Waals surface area contributed by atoms with Crippen molar-refractivity contribution in [2.45, 2.75) is 201 Å². The summed E-state index contributed by atoms with van der Waals surface area (Å²) in [6.07, 6.45) is -27.3. The molecule has 0 aromatic carbocycles. The van der Waals surface area contributed by atoms with Gasteiger partial charge in [0.2, 0.25) is 6.29 Å². The van der Waals surface area contributed by atoms with Crippen LogP contribution in [0.4, 0.5) is 0 Å².